The molecule has 0 saturated carbocycles. The van der Waals surface area contributed by atoms with Crippen LogP contribution in [0.4, 0.5) is 5.69 Å². The van der Waals surface area contributed by atoms with Crippen LogP contribution in [0.5, 0.6) is 0 Å². The number of rotatable bonds is 5. The van der Waals surface area contributed by atoms with E-state index in [2.05, 4.69) is 5.32 Å². The summed E-state index contributed by atoms with van der Waals surface area (Å²) >= 11 is 0. The first-order valence-corrected chi connectivity index (χ1v) is 6.67. The van der Waals surface area contributed by atoms with E-state index in [9.17, 15) is 4.79 Å². The summed E-state index contributed by atoms with van der Waals surface area (Å²) in [4.78, 5) is 11.7. The number of nitrogens with two attached hydrogens (primary N) is 1. The number of carbonyl (C=O) groups excluding carboxylic acids is 1. The number of hydrogen-bond acceptors (Lipinski definition) is 3. The van der Waals surface area contributed by atoms with Gasteiger partial charge in [-0.25, -0.2) is 0 Å². The van der Waals surface area contributed by atoms with E-state index in [1.165, 1.54) is 6.08 Å². The third kappa shape index (κ3) is 4.78. The van der Waals surface area contributed by atoms with Crippen LogP contribution in [0.15, 0.2) is 54.6 Å². The molecule has 1 amide bonds. The molecule has 4 nitrogen and oxygen atoms in total. The molecule has 0 spiro atoms. The zero-order valence-corrected chi connectivity index (χ0v) is 11.6. The number of nitrogen functional groups attached to an aromatic ring is 1. The molecule has 0 aliphatic heterocycles. The van der Waals surface area contributed by atoms with Crippen molar-refractivity contribution in [3.8, 4) is 0 Å². The Bertz CT molecular complexity index is 633. The third-order valence-corrected chi connectivity index (χ3v) is 3.00. The number of aliphatic hydroxyl groups excluding tert-OH is 1. The largest absolute Gasteiger partial charge is 0.399 e. The Morgan fingerprint density at radius 2 is 1.86 bits per heavy atom. The first-order chi connectivity index (χ1) is 10.2. The molecule has 4 heteroatoms. The van der Waals surface area contributed by atoms with Gasteiger partial charge in [0.2, 0.25) is 5.91 Å². The van der Waals surface area contributed by atoms with Crippen LogP contribution in [-0.4, -0.2) is 11.0 Å². The first kappa shape index (κ1) is 14.8. The van der Waals surface area contributed by atoms with Crippen LogP contribution >= 0.6 is 0 Å². The Labute approximate surface area is 123 Å². The highest BCUT2D eigenvalue weighted by Gasteiger charge is 1.98. The molecule has 0 fully saturated rings. The Morgan fingerprint density at radius 1 is 1.14 bits per heavy atom. The van der Waals surface area contributed by atoms with Gasteiger partial charge in [-0.05, 0) is 34.9 Å². The van der Waals surface area contributed by atoms with E-state index in [1.807, 2.05) is 36.4 Å². The van der Waals surface area contributed by atoms with Gasteiger partial charge in [0.1, 0.15) is 0 Å². The lowest BCUT2D eigenvalue weighted by molar-refractivity contribution is -0.116. The third-order valence-electron chi connectivity index (χ3n) is 3.00. The predicted molar refractivity (Wildman–Crippen MR) is 84.1 cm³/mol. The van der Waals surface area contributed by atoms with Crippen LogP contribution in [0.1, 0.15) is 16.7 Å². The van der Waals surface area contributed by atoms with Gasteiger partial charge in [-0.3, -0.25) is 4.79 Å². The Morgan fingerprint density at radius 3 is 2.57 bits per heavy atom. The molecular formula is C17H18N2O2. The van der Waals surface area contributed by atoms with Crippen molar-refractivity contribution in [3.63, 3.8) is 0 Å². The SMILES string of the molecule is Nc1ccc(/C=C/C(=O)NCc2cccc(CO)c2)cc1. The minimum atomic E-state index is -0.166. The van der Waals surface area contributed by atoms with Crippen molar-refractivity contribution < 1.29 is 9.90 Å². The lowest BCUT2D eigenvalue weighted by atomic mass is 10.1. The molecule has 0 aliphatic carbocycles. The Kier molecular flexibility index (Phi) is 5.12. The molecular weight excluding hydrogens is 264 g/mol. The molecule has 0 atom stereocenters. The number of benzene rings is 2. The van der Waals surface area contributed by atoms with Gasteiger partial charge in [-0.2, -0.15) is 0 Å². The average molecular weight is 282 g/mol. The highest BCUT2D eigenvalue weighted by atomic mass is 16.3. The summed E-state index contributed by atoms with van der Waals surface area (Å²) in [5, 5.41) is 11.9. The molecule has 2 aromatic rings. The number of nitrogens with one attached hydrogen (secondary N) is 1. The highest BCUT2D eigenvalue weighted by Crippen LogP contribution is 2.07. The topological polar surface area (TPSA) is 75.4 Å². The van der Waals surface area contributed by atoms with Gasteiger partial charge in [-0.1, -0.05) is 36.4 Å². The highest BCUT2D eigenvalue weighted by molar-refractivity contribution is 5.91. The smallest absolute Gasteiger partial charge is 0.244 e. The molecule has 0 radical (unpaired) electrons. The van der Waals surface area contributed by atoms with Gasteiger partial charge in [0.15, 0.2) is 0 Å². The van der Waals surface area contributed by atoms with E-state index >= 15 is 0 Å². The molecule has 0 aliphatic rings. The molecule has 0 saturated heterocycles. The van der Waals surface area contributed by atoms with Crippen LogP contribution in [0.25, 0.3) is 6.08 Å². The summed E-state index contributed by atoms with van der Waals surface area (Å²) in [6.07, 6.45) is 3.22. The summed E-state index contributed by atoms with van der Waals surface area (Å²) in [6, 6.07) is 14.8. The van der Waals surface area contributed by atoms with E-state index in [4.69, 9.17) is 10.8 Å². The van der Waals surface area contributed by atoms with E-state index in [-0.39, 0.29) is 12.5 Å². The minimum absolute atomic E-state index is 0.00116. The maximum absolute atomic E-state index is 11.7. The molecule has 4 N–H and O–H groups in total. The Hall–Kier alpha value is -2.59. The van der Waals surface area contributed by atoms with Crippen LogP contribution in [-0.2, 0) is 17.9 Å². The monoisotopic (exact) mass is 282 g/mol. The molecule has 0 bridgehead atoms. The number of hydrogen-bond donors (Lipinski definition) is 3. The van der Waals surface area contributed by atoms with Gasteiger partial charge >= 0.3 is 0 Å². The number of amides is 1. The van der Waals surface area contributed by atoms with Crippen molar-refractivity contribution in [1.82, 2.24) is 5.32 Å². The average Bonchev–Trinajstić information content (AvgIpc) is 2.52. The second kappa shape index (κ2) is 7.26. The Balaban J connectivity index is 1.88. The molecule has 2 rings (SSSR count). The number of aliphatic hydroxyl groups is 1. The summed E-state index contributed by atoms with van der Waals surface area (Å²) in [7, 11) is 0. The van der Waals surface area contributed by atoms with Crippen LogP contribution in [0.3, 0.4) is 0 Å². The summed E-state index contributed by atoms with van der Waals surface area (Å²) in [6.45, 7) is 0.428. The second-order valence-electron chi connectivity index (χ2n) is 4.70. The molecule has 0 unspecified atom stereocenters. The second-order valence-corrected chi connectivity index (χ2v) is 4.70. The fraction of sp³-hybridized carbons (Fsp3) is 0.118. The van der Waals surface area contributed by atoms with Gasteiger partial charge < -0.3 is 16.2 Å². The molecule has 2 aromatic carbocycles. The predicted octanol–water partition coefficient (Wildman–Crippen LogP) is 2.09. The van der Waals surface area contributed by atoms with Crippen molar-refractivity contribution in [2.45, 2.75) is 13.2 Å². The standard InChI is InChI=1S/C17H18N2O2/c18-16-7-4-13(5-8-16)6-9-17(21)19-11-14-2-1-3-15(10-14)12-20/h1-10,20H,11-12,18H2,(H,19,21)/b9-6+. The molecule has 21 heavy (non-hydrogen) atoms. The fourth-order valence-electron chi connectivity index (χ4n) is 1.87. The maximum atomic E-state index is 11.7. The number of anilines is 1. The van der Waals surface area contributed by atoms with Crippen LogP contribution < -0.4 is 11.1 Å². The van der Waals surface area contributed by atoms with E-state index in [0.29, 0.717) is 12.2 Å². The van der Waals surface area contributed by atoms with Crippen LogP contribution in [0, 0.1) is 0 Å². The van der Waals surface area contributed by atoms with Crippen molar-refractivity contribution >= 4 is 17.7 Å². The van der Waals surface area contributed by atoms with Gasteiger partial charge in [0.05, 0.1) is 6.61 Å². The van der Waals surface area contributed by atoms with E-state index < -0.39 is 0 Å². The zero-order chi connectivity index (χ0) is 15.1. The van der Waals surface area contributed by atoms with Gasteiger partial charge in [-0.15, -0.1) is 0 Å². The van der Waals surface area contributed by atoms with Gasteiger partial charge in [0.25, 0.3) is 0 Å². The van der Waals surface area contributed by atoms with E-state index in [0.717, 1.165) is 16.7 Å². The van der Waals surface area contributed by atoms with Crippen LogP contribution in [0.2, 0.25) is 0 Å². The van der Waals surface area contributed by atoms with E-state index in [1.54, 1.807) is 18.2 Å². The minimum Gasteiger partial charge on any atom is -0.399 e. The van der Waals surface area contributed by atoms with Crippen molar-refractivity contribution in [2.24, 2.45) is 0 Å². The van der Waals surface area contributed by atoms with Crippen molar-refractivity contribution in [3.05, 3.63) is 71.3 Å². The molecule has 108 valence electrons. The van der Waals surface area contributed by atoms with Crippen molar-refractivity contribution in [2.75, 3.05) is 5.73 Å². The first-order valence-electron chi connectivity index (χ1n) is 6.67. The summed E-state index contributed by atoms with van der Waals surface area (Å²) in [5.41, 5.74) is 9.00. The lowest BCUT2D eigenvalue weighted by Gasteiger charge is -2.04. The molecule has 0 heterocycles. The van der Waals surface area contributed by atoms with Crippen molar-refractivity contribution in [1.29, 1.82) is 0 Å². The summed E-state index contributed by atoms with van der Waals surface area (Å²) < 4.78 is 0. The molecule has 0 aromatic heterocycles. The lowest BCUT2D eigenvalue weighted by Crippen LogP contribution is -2.20. The quantitative estimate of drug-likeness (QED) is 0.580. The maximum Gasteiger partial charge on any atom is 0.244 e. The normalized spacial score (nSPS) is 10.7. The number of carbonyl (C=O) groups is 1. The zero-order valence-electron chi connectivity index (χ0n) is 11.6. The summed E-state index contributed by atoms with van der Waals surface area (Å²) in [5.74, 6) is -0.166. The van der Waals surface area contributed by atoms with Gasteiger partial charge in [0, 0.05) is 18.3 Å². The fourth-order valence-corrected chi connectivity index (χ4v) is 1.87.